The van der Waals surface area contributed by atoms with Gasteiger partial charge in [0.1, 0.15) is 5.75 Å². The van der Waals surface area contributed by atoms with Gasteiger partial charge in [-0.25, -0.2) is 0 Å². The smallest absolute Gasteiger partial charge is 0.290 e. The normalized spacial score (nSPS) is 10.5. The van der Waals surface area contributed by atoms with E-state index < -0.39 is 5.56 Å². The highest BCUT2D eigenvalue weighted by Gasteiger charge is 2.08. The number of halogens is 1. The zero-order chi connectivity index (χ0) is 11.0. The van der Waals surface area contributed by atoms with E-state index in [1.165, 1.54) is 13.2 Å². The van der Waals surface area contributed by atoms with Crippen molar-refractivity contribution in [2.75, 3.05) is 7.11 Å². The Labute approximate surface area is 90.1 Å². The molecule has 0 spiro atoms. The number of rotatable bonds is 1. The largest absolute Gasteiger partial charge is 0.503 e. The highest BCUT2D eigenvalue weighted by atomic mass is 35.5. The molecule has 0 bridgehead atoms. The van der Waals surface area contributed by atoms with E-state index in [-0.39, 0.29) is 5.75 Å². The number of hydrogen-bond donors (Lipinski definition) is 2. The zero-order valence-corrected chi connectivity index (χ0v) is 8.63. The molecule has 2 N–H and O–H groups in total. The maximum Gasteiger partial charge on any atom is 0.290 e. The number of aromatic hydroxyl groups is 1. The van der Waals surface area contributed by atoms with Crippen LogP contribution in [0.25, 0.3) is 10.9 Å². The summed E-state index contributed by atoms with van der Waals surface area (Å²) in [6.07, 6.45) is 0. The minimum Gasteiger partial charge on any atom is -0.503 e. The van der Waals surface area contributed by atoms with Crippen molar-refractivity contribution in [1.82, 2.24) is 4.98 Å². The van der Waals surface area contributed by atoms with Gasteiger partial charge in [0.2, 0.25) is 0 Å². The van der Waals surface area contributed by atoms with E-state index >= 15 is 0 Å². The Morgan fingerprint density at radius 2 is 2.20 bits per heavy atom. The van der Waals surface area contributed by atoms with E-state index in [9.17, 15) is 9.90 Å². The molecule has 0 aliphatic heterocycles. The molecular weight excluding hydrogens is 218 g/mol. The summed E-state index contributed by atoms with van der Waals surface area (Å²) in [4.78, 5) is 13.7. The lowest BCUT2D eigenvalue weighted by molar-refractivity contribution is 0.419. The molecule has 4 nitrogen and oxygen atoms in total. The number of pyridine rings is 1. The molecule has 0 fully saturated rings. The Kier molecular flexibility index (Phi) is 2.28. The van der Waals surface area contributed by atoms with E-state index in [0.717, 1.165) is 0 Å². The SMILES string of the molecule is COc1ccc(Cl)c2[nH]c(=O)c(O)cc12. The van der Waals surface area contributed by atoms with Crippen LogP contribution in [0.4, 0.5) is 0 Å². The first kappa shape index (κ1) is 9.86. The number of H-pyrrole nitrogens is 1. The van der Waals surface area contributed by atoms with Crippen LogP contribution >= 0.6 is 11.6 Å². The van der Waals surface area contributed by atoms with Gasteiger partial charge in [-0.1, -0.05) is 11.6 Å². The topological polar surface area (TPSA) is 62.3 Å². The minimum atomic E-state index is -0.572. The van der Waals surface area contributed by atoms with E-state index in [2.05, 4.69) is 4.98 Å². The van der Waals surface area contributed by atoms with E-state index in [1.54, 1.807) is 12.1 Å². The predicted octanol–water partition coefficient (Wildman–Crippen LogP) is 1.90. The molecule has 2 aromatic rings. The van der Waals surface area contributed by atoms with Crippen LogP contribution in [0.15, 0.2) is 23.0 Å². The lowest BCUT2D eigenvalue weighted by Gasteiger charge is -2.06. The molecule has 1 aromatic carbocycles. The molecule has 15 heavy (non-hydrogen) atoms. The van der Waals surface area contributed by atoms with Crippen LogP contribution in [0, 0.1) is 0 Å². The average molecular weight is 226 g/mol. The first-order valence-corrected chi connectivity index (χ1v) is 4.60. The monoisotopic (exact) mass is 225 g/mol. The third kappa shape index (κ3) is 1.53. The van der Waals surface area contributed by atoms with Crippen molar-refractivity contribution >= 4 is 22.5 Å². The minimum absolute atomic E-state index is 0.358. The van der Waals surface area contributed by atoms with Gasteiger partial charge in [-0.15, -0.1) is 0 Å². The van der Waals surface area contributed by atoms with Crippen molar-refractivity contribution in [3.63, 3.8) is 0 Å². The summed E-state index contributed by atoms with van der Waals surface area (Å²) >= 11 is 5.90. The number of ether oxygens (including phenoxy) is 1. The van der Waals surface area contributed by atoms with Crippen LogP contribution in [-0.2, 0) is 0 Å². The second kappa shape index (κ2) is 3.47. The Hall–Kier alpha value is -1.68. The third-order valence-corrected chi connectivity index (χ3v) is 2.44. The van der Waals surface area contributed by atoms with Crippen LogP contribution in [0.2, 0.25) is 5.02 Å². The van der Waals surface area contributed by atoms with Crippen LogP contribution in [0.3, 0.4) is 0 Å². The van der Waals surface area contributed by atoms with Gasteiger partial charge in [0.25, 0.3) is 5.56 Å². The molecule has 1 heterocycles. The summed E-state index contributed by atoms with van der Waals surface area (Å²) in [5.74, 6) is 0.184. The summed E-state index contributed by atoms with van der Waals surface area (Å²) in [5, 5.41) is 10.3. The molecule has 0 amide bonds. The second-order valence-corrected chi connectivity index (χ2v) is 3.43. The Morgan fingerprint density at radius 3 is 2.87 bits per heavy atom. The lowest BCUT2D eigenvalue weighted by Crippen LogP contribution is -2.05. The first-order chi connectivity index (χ1) is 7.13. The number of fused-ring (bicyclic) bond motifs is 1. The fourth-order valence-electron chi connectivity index (χ4n) is 1.40. The van der Waals surface area contributed by atoms with Crippen LogP contribution in [0.5, 0.6) is 11.5 Å². The van der Waals surface area contributed by atoms with Crippen molar-refractivity contribution in [2.45, 2.75) is 0 Å². The van der Waals surface area contributed by atoms with Gasteiger partial charge < -0.3 is 14.8 Å². The van der Waals surface area contributed by atoms with Gasteiger partial charge in [0, 0.05) is 5.39 Å². The summed E-state index contributed by atoms with van der Waals surface area (Å²) in [6.45, 7) is 0. The van der Waals surface area contributed by atoms with Crippen molar-refractivity contribution in [2.24, 2.45) is 0 Å². The van der Waals surface area contributed by atoms with E-state index in [0.29, 0.717) is 21.7 Å². The Morgan fingerprint density at radius 1 is 1.47 bits per heavy atom. The van der Waals surface area contributed by atoms with Gasteiger partial charge in [-0.2, -0.15) is 0 Å². The molecule has 78 valence electrons. The Balaban J connectivity index is 2.94. The lowest BCUT2D eigenvalue weighted by atomic mass is 10.2. The fraction of sp³-hybridized carbons (Fsp3) is 0.100. The van der Waals surface area contributed by atoms with Crippen LogP contribution in [0.1, 0.15) is 0 Å². The summed E-state index contributed by atoms with van der Waals surface area (Å²) in [5.41, 5.74) is -0.114. The number of aromatic amines is 1. The molecule has 0 unspecified atom stereocenters. The van der Waals surface area contributed by atoms with E-state index in [4.69, 9.17) is 16.3 Å². The van der Waals surface area contributed by atoms with Gasteiger partial charge in [-0.3, -0.25) is 4.79 Å². The standard InChI is InChI=1S/C10H8ClNO3/c1-15-8-3-2-6(11)9-5(8)4-7(13)10(14)12-9/h2-4,13H,1H3,(H,12,14). The molecule has 0 saturated carbocycles. The van der Waals surface area contributed by atoms with Crippen molar-refractivity contribution in [1.29, 1.82) is 0 Å². The molecular formula is C10H8ClNO3. The summed E-state index contributed by atoms with van der Waals surface area (Å²) in [7, 11) is 1.50. The quantitative estimate of drug-likeness (QED) is 0.779. The highest BCUT2D eigenvalue weighted by molar-refractivity contribution is 6.35. The number of aromatic nitrogens is 1. The number of methoxy groups -OCH3 is 1. The molecule has 0 radical (unpaired) electrons. The molecule has 0 aliphatic rings. The van der Waals surface area contributed by atoms with Crippen molar-refractivity contribution in [3.8, 4) is 11.5 Å². The highest BCUT2D eigenvalue weighted by Crippen LogP contribution is 2.30. The van der Waals surface area contributed by atoms with Crippen LogP contribution < -0.4 is 10.3 Å². The average Bonchev–Trinajstić information content (AvgIpc) is 2.22. The number of benzene rings is 1. The van der Waals surface area contributed by atoms with Crippen molar-refractivity contribution < 1.29 is 9.84 Å². The second-order valence-electron chi connectivity index (χ2n) is 3.02. The third-order valence-electron chi connectivity index (χ3n) is 2.13. The van der Waals surface area contributed by atoms with Crippen LogP contribution in [-0.4, -0.2) is 17.2 Å². The zero-order valence-electron chi connectivity index (χ0n) is 7.87. The fourth-order valence-corrected chi connectivity index (χ4v) is 1.61. The summed E-state index contributed by atoms with van der Waals surface area (Å²) < 4.78 is 5.09. The maximum atomic E-state index is 11.2. The molecule has 2 rings (SSSR count). The molecule has 1 aromatic heterocycles. The molecule has 5 heteroatoms. The molecule has 0 aliphatic carbocycles. The molecule has 0 saturated heterocycles. The van der Waals surface area contributed by atoms with Gasteiger partial charge in [-0.05, 0) is 18.2 Å². The van der Waals surface area contributed by atoms with Gasteiger partial charge in [0.05, 0.1) is 17.6 Å². The van der Waals surface area contributed by atoms with Gasteiger partial charge in [0.15, 0.2) is 5.75 Å². The summed E-state index contributed by atoms with van der Waals surface area (Å²) in [6, 6.07) is 4.62. The Bertz CT molecular complexity index is 577. The first-order valence-electron chi connectivity index (χ1n) is 4.22. The van der Waals surface area contributed by atoms with Gasteiger partial charge >= 0.3 is 0 Å². The predicted molar refractivity (Wildman–Crippen MR) is 57.8 cm³/mol. The number of nitrogens with one attached hydrogen (secondary N) is 1. The molecule has 0 atom stereocenters. The number of hydrogen-bond acceptors (Lipinski definition) is 3. The maximum absolute atomic E-state index is 11.2. The van der Waals surface area contributed by atoms with Crippen molar-refractivity contribution in [3.05, 3.63) is 33.6 Å². The van der Waals surface area contributed by atoms with E-state index in [1.807, 2.05) is 0 Å².